The number of ether oxygens (including phenoxy) is 1. The number of hydrogen-bond acceptors (Lipinski definition) is 3. The smallest absolute Gasteiger partial charge is 0.142 e. The van der Waals surface area contributed by atoms with E-state index in [1.165, 1.54) is 0 Å². The number of rotatable bonds is 6. The normalized spacial score (nSPS) is 10.6. The van der Waals surface area contributed by atoms with Crippen molar-refractivity contribution in [2.24, 2.45) is 0 Å². The minimum absolute atomic E-state index is 0.148. The van der Waals surface area contributed by atoms with Gasteiger partial charge in [-0.25, -0.2) is 0 Å². The summed E-state index contributed by atoms with van der Waals surface area (Å²) in [6, 6.07) is 12.0. The van der Waals surface area contributed by atoms with Gasteiger partial charge >= 0.3 is 0 Å². The Bertz CT molecular complexity index is 494. The summed E-state index contributed by atoms with van der Waals surface area (Å²) in [5.74, 6) is 0.845. The van der Waals surface area contributed by atoms with Crippen LogP contribution in [-0.2, 0) is 6.54 Å². The zero-order valence-corrected chi connectivity index (χ0v) is 10.5. The molecule has 0 aliphatic heterocycles. The Morgan fingerprint density at radius 2 is 2.06 bits per heavy atom. The van der Waals surface area contributed by atoms with E-state index in [9.17, 15) is 0 Å². The van der Waals surface area contributed by atoms with Gasteiger partial charge in [0.1, 0.15) is 5.75 Å². The van der Waals surface area contributed by atoms with E-state index in [1.807, 2.05) is 36.5 Å². The number of aliphatic hydroxyl groups excluding tert-OH is 1. The van der Waals surface area contributed by atoms with Crippen LogP contribution in [0.15, 0.2) is 42.6 Å². The molecule has 0 spiro atoms. The monoisotopic (exact) mass is 246 g/mol. The number of aliphatic hydroxyl groups is 1. The highest BCUT2D eigenvalue weighted by Gasteiger charge is 2.07. The lowest BCUT2D eigenvalue weighted by Crippen LogP contribution is -2.19. The second-order valence-electron chi connectivity index (χ2n) is 3.94. The first-order chi connectivity index (χ1) is 8.86. The summed E-state index contributed by atoms with van der Waals surface area (Å²) >= 11 is 0. The van der Waals surface area contributed by atoms with E-state index in [1.54, 1.807) is 7.11 Å². The standard InChI is InChI=1S/C14H18N2O2/c1-18-14-7-3-2-6-13(14)16-9-4-5-12(16)11-15-8-10-17/h2-7,9,15,17H,8,10-11H2,1H3. The van der Waals surface area contributed by atoms with Gasteiger partial charge in [0.2, 0.25) is 0 Å². The molecule has 0 aliphatic rings. The van der Waals surface area contributed by atoms with Gasteiger partial charge < -0.3 is 19.7 Å². The topological polar surface area (TPSA) is 46.4 Å². The third-order valence-electron chi connectivity index (χ3n) is 2.77. The van der Waals surface area contributed by atoms with E-state index in [2.05, 4.69) is 16.0 Å². The molecule has 0 saturated carbocycles. The molecule has 0 unspecified atom stereocenters. The number of nitrogens with zero attached hydrogens (tertiary/aromatic N) is 1. The van der Waals surface area contributed by atoms with Gasteiger partial charge in [-0.3, -0.25) is 0 Å². The molecule has 1 heterocycles. The van der Waals surface area contributed by atoms with Gasteiger partial charge in [0.25, 0.3) is 0 Å². The number of hydrogen-bond donors (Lipinski definition) is 2. The Kier molecular flexibility index (Phi) is 4.39. The Labute approximate surface area is 107 Å². The maximum atomic E-state index is 8.77. The van der Waals surface area contributed by atoms with Gasteiger partial charge in [0.05, 0.1) is 19.4 Å². The molecule has 2 N–H and O–H groups in total. The van der Waals surface area contributed by atoms with Crippen LogP contribution in [-0.4, -0.2) is 29.9 Å². The third-order valence-corrected chi connectivity index (χ3v) is 2.77. The van der Waals surface area contributed by atoms with Crippen LogP contribution in [0.2, 0.25) is 0 Å². The summed E-state index contributed by atoms with van der Waals surface area (Å²) in [5.41, 5.74) is 2.15. The molecule has 0 aliphatic carbocycles. The summed E-state index contributed by atoms with van der Waals surface area (Å²) in [6.07, 6.45) is 2.01. The van der Waals surface area contributed by atoms with Crippen LogP contribution in [0.25, 0.3) is 5.69 Å². The molecule has 18 heavy (non-hydrogen) atoms. The Hall–Kier alpha value is -1.78. The van der Waals surface area contributed by atoms with Gasteiger partial charge in [-0.1, -0.05) is 12.1 Å². The van der Waals surface area contributed by atoms with Gasteiger partial charge in [-0.15, -0.1) is 0 Å². The first-order valence-corrected chi connectivity index (χ1v) is 5.98. The summed E-state index contributed by atoms with van der Waals surface area (Å²) in [6.45, 7) is 1.46. The van der Waals surface area contributed by atoms with Gasteiger partial charge in [-0.05, 0) is 24.3 Å². The molecule has 0 amide bonds. The molecule has 4 nitrogen and oxygen atoms in total. The summed E-state index contributed by atoms with van der Waals surface area (Å²) in [5, 5.41) is 11.9. The molecule has 2 rings (SSSR count). The van der Waals surface area contributed by atoms with Crippen molar-refractivity contribution in [1.29, 1.82) is 0 Å². The predicted octanol–water partition coefficient (Wildman–Crippen LogP) is 1.57. The van der Waals surface area contributed by atoms with Crippen LogP contribution >= 0.6 is 0 Å². The fourth-order valence-electron chi connectivity index (χ4n) is 1.92. The quantitative estimate of drug-likeness (QED) is 0.761. The van der Waals surface area contributed by atoms with Crippen LogP contribution in [0.5, 0.6) is 5.75 Å². The lowest BCUT2D eigenvalue weighted by Gasteiger charge is -2.13. The van der Waals surface area contributed by atoms with Crippen molar-refractivity contribution in [3.8, 4) is 11.4 Å². The number of aromatic nitrogens is 1. The first kappa shape index (κ1) is 12.7. The van der Waals surface area contributed by atoms with Crippen molar-refractivity contribution in [1.82, 2.24) is 9.88 Å². The van der Waals surface area contributed by atoms with Gasteiger partial charge in [0.15, 0.2) is 0 Å². The molecular formula is C14H18N2O2. The zero-order valence-electron chi connectivity index (χ0n) is 10.5. The molecule has 1 aromatic heterocycles. The third kappa shape index (κ3) is 2.72. The highest BCUT2D eigenvalue weighted by atomic mass is 16.5. The average molecular weight is 246 g/mol. The Balaban J connectivity index is 2.25. The first-order valence-electron chi connectivity index (χ1n) is 5.98. The van der Waals surface area contributed by atoms with Crippen molar-refractivity contribution in [3.63, 3.8) is 0 Å². The Morgan fingerprint density at radius 3 is 2.83 bits per heavy atom. The number of benzene rings is 1. The van der Waals surface area contributed by atoms with Crippen molar-refractivity contribution >= 4 is 0 Å². The number of methoxy groups -OCH3 is 1. The number of nitrogens with one attached hydrogen (secondary N) is 1. The molecule has 96 valence electrons. The fourth-order valence-corrected chi connectivity index (χ4v) is 1.92. The maximum Gasteiger partial charge on any atom is 0.142 e. The van der Waals surface area contributed by atoms with E-state index in [4.69, 9.17) is 9.84 Å². The second-order valence-corrected chi connectivity index (χ2v) is 3.94. The maximum absolute atomic E-state index is 8.77. The summed E-state index contributed by atoms with van der Waals surface area (Å²) in [4.78, 5) is 0. The fraction of sp³-hybridized carbons (Fsp3) is 0.286. The second kappa shape index (κ2) is 6.23. The van der Waals surface area contributed by atoms with Crippen LogP contribution in [0.3, 0.4) is 0 Å². The minimum atomic E-state index is 0.148. The lowest BCUT2D eigenvalue weighted by molar-refractivity contribution is 0.291. The van der Waals surface area contributed by atoms with Gasteiger partial charge in [-0.2, -0.15) is 0 Å². The largest absolute Gasteiger partial charge is 0.495 e. The SMILES string of the molecule is COc1ccccc1-n1cccc1CNCCO. The summed E-state index contributed by atoms with van der Waals surface area (Å²) in [7, 11) is 1.67. The predicted molar refractivity (Wildman–Crippen MR) is 71.1 cm³/mol. The molecule has 0 bridgehead atoms. The van der Waals surface area contributed by atoms with Crippen molar-refractivity contribution in [2.75, 3.05) is 20.3 Å². The minimum Gasteiger partial charge on any atom is -0.495 e. The highest BCUT2D eigenvalue weighted by molar-refractivity contribution is 5.48. The van der Waals surface area contributed by atoms with Gasteiger partial charge in [0, 0.05) is 25.0 Å². The average Bonchev–Trinajstić information content (AvgIpc) is 2.87. The van der Waals surface area contributed by atoms with Crippen molar-refractivity contribution < 1.29 is 9.84 Å². The van der Waals surface area contributed by atoms with Crippen LogP contribution in [0.4, 0.5) is 0 Å². The van der Waals surface area contributed by atoms with E-state index in [0.29, 0.717) is 13.1 Å². The number of para-hydroxylation sites is 2. The molecule has 0 atom stereocenters. The van der Waals surface area contributed by atoms with E-state index >= 15 is 0 Å². The highest BCUT2D eigenvalue weighted by Crippen LogP contribution is 2.23. The molecule has 4 heteroatoms. The van der Waals surface area contributed by atoms with E-state index < -0.39 is 0 Å². The molecule has 0 saturated heterocycles. The molecule has 1 aromatic carbocycles. The molecule has 2 aromatic rings. The van der Waals surface area contributed by atoms with Crippen LogP contribution < -0.4 is 10.1 Å². The molecular weight excluding hydrogens is 228 g/mol. The lowest BCUT2D eigenvalue weighted by atomic mass is 10.3. The van der Waals surface area contributed by atoms with Crippen molar-refractivity contribution in [2.45, 2.75) is 6.54 Å². The Morgan fingerprint density at radius 1 is 1.22 bits per heavy atom. The molecule has 0 radical (unpaired) electrons. The van der Waals surface area contributed by atoms with E-state index in [-0.39, 0.29) is 6.61 Å². The summed E-state index contributed by atoms with van der Waals surface area (Å²) < 4.78 is 7.46. The van der Waals surface area contributed by atoms with Crippen LogP contribution in [0.1, 0.15) is 5.69 Å². The van der Waals surface area contributed by atoms with Crippen LogP contribution in [0, 0.1) is 0 Å². The van der Waals surface area contributed by atoms with Crippen molar-refractivity contribution in [3.05, 3.63) is 48.3 Å². The molecule has 0 fully saturated rings. The zero-order chi connectivity index (χ0) is 12.8. The van der Waals surface area contributed by atoms with E-state index in [0.717, 1.165) is 17.1 Å².